The van der Waals surface area contributed by atoms with Crippen LogP contribution in [0.4, 0.5) is 5.69 Å². The third-order valence-corrected chi connectivity index (χ3v) is 3.74. The highest BCUT2D eigenvalue weighted by Gasteiger charge is 2.12. The number of sulfonamides is 1. The average molecular weight is 319 g/mol. The van der Waals surface area contributed by atoms with Gasteiger partial charge < -0.3 is 10.2 Å². The number of aromatic carboxylic acids is 1. The topological polar surface area (TPSA) is 104 Å². The third kappa shape index (κ3) is 4.10. The van der Waals surface area contributed by atoms with Crippen molar-refractivity contribution in [1.29, 1.82) is 0 Å². The van der Waals surface area contributed by atoms with Crippen molar-refractivity contribution in [3.05, 3.63) is 65.1 Å². The standard InChI is InChI=1S/C15H13NO5S/c17-14-10-12(6-7-13(14)15(18)19)16-22(20,21)9-8-11-4-2-1-3-5-11/h1-10,16-17H,(H,18,19). The van der Waals surface area contributed by atoms with E-state index in [2.05, 4.69) is 4.72 Å². The Balaban J connectivity index is 2.17. The minimum Gasteiger partial charge on any atom is -0.507 e. The van der Waals surface area contributed by atoms with Gasteiger partial charge in [-0.3, -0.25) is 4.72 Å². The zero-order valence-corrected chi connectivity index (χ0v) is 12.1. The molecule has 2 aromatic carbocycles. The molecule has 0 saturated heterocycles. The van der Waals surface area contributed by atoms with Gasteiger partial charge in [-0.1, -0.05) is 30.3 Å². The predicted octanol–water partition coefficient (Wildman–Crippen LogP) is 2.50. The summed E-state index contributed by atoms with van der Waals surface area (Å²) in [5.41, 5.74) is 0.486. The predicted molar refractivity (Wildman–Crippen MR) is 83.1 cm³/mol. The van der Waals surface area contributed by atoms with Gasteiger partial charge in [-0.25, -0.2) is 13.2 Å². The molecule has 0 aromatic heterocycles. The van der Waals surface area contributed by atoms with Crippen LogP contribution in [0.1, 0.15) is 15.9 Å². The summed E-state index contributed by atoms with van der Waals surface area (Å²) in [7, 11) is -3.77. The molecule has 0 aliphatic heterocycles. The Kier molecular flexibility index (Phi) is 4.47. The molecule has 0 heterocycles. The molecule has 0 aliphatic rings. The lowest BCUT2D eigenvalue weighted by Gasteiger charge is -2.06. The van der Waals surface area contributed by atoms with Crippen LogP contribution in [0.2, 0.25) is 0 Å². The number of carbonyl (C=O) groups is 1. The van der Waals surface area contributed by atoms with Gasteiger partial charge in [-0.05, 0) is 23.8 Å². The fourth-order valence-electron chi connectivity index (χ4n) is 1.71. The lowest BCUT2D eigenvalue weighted by Crippen LogP contribution is -2.09. The number of benzene rings is 2. The number of aromatic hydroxyl groups is 1. The van der Waals surface area contributed by atoms with Gasteiger partial charge in [-0.2, -0.15) is 0 Å². The van der Waals surface area contributed by atoms with E-state index in [0.29, 0.717) is 0 Å². The van der Waals surface area contributed by atoms with Crippen molar-refractivity contribution in [2.45, 2.75) is 0 Å². The molecule has 0 amide bonds. The lowest BCUT2D eigenvalue weighted by atomic mass is 10.2. The van der Waals surface area contributed by atoms with E-state index in [4.69, 9.17) is 5.11 Å². The largest absolute Gasteiger partial charge is 0.507 e. The van der Waals surface area contributed by atoms with E-state index in [0.717, 1.165) is 23.1 Å². The van der Waals surface area contributed by atoms with Crippen molar-refractivity contribution in [2.75, 3.05) is 4.72 Å². The molecule has 6 nitrogen and oxygen atoms in total. The van der Waals surface area contributed by atoms with Crippen molar-refractivity contribution >= 4 is 27.8 Å². The zero-order valence-electron chi connectivity index (χ0n) is 11.3. The summed E-state index contributed by atoms with van der Waals surface area (Å²) < 4.78 is 26.0. The van der Waals surface area contributed by atoms with Crippen molar-refractivity contribution in [3.63, 3.8) is 0 Å². The molecule has 22 heavy (non-hydrogen) atoms. The quantitative estimate of drug-likeness (QED) is 0.785. The fraction of sp³-hybridized carbons (Fsp3) is 0. The van der Waals surface area contributed by atoms with E-state index in [1.54, 1.807) is 24.3 Å². The van der Waals surface area contributed by atoms with E-state index in [1.165, 1.54) is 12.1 Å². The first-order chi connectivity index (χ1) is 10.4. The molecule has 0 aliphatic carbocycles. The number of anilines is 1. The van der Waals surface area contributed by atoms with E-state index in [1.807, 2.05) is 6.07 Å². The fourth-order valence-corrected chi connectivity index (χ4v) is 2.57. The van der Waals surface area contributed by atoms with Crippen LogP contribution in [0.15, 0.2) is 53.9 Å². The van der Waals surface area contributed by atoms with Gasteiger partial charge in [0.1, 0.15) is 11.3 Å². The molecule has 0 fully saturated rings. The Hall–Kier alpha value is -2.80. The van der Waals surface area contributed by atoms with Gasteiger partial charge in [0.25, 0.3) is 10.0 Å². The van der Waals surface area contributed by atoms with Crippen molar-refractivity contribution in [1.82, 2.24) is 0 Å². The smallest absolute Gasteiger partial charge is 0.339 e. The SMILES string of the molecule is O=C(O)c1ccc(NS(=O)(=O)C=Cc2ccccc2)cc1O. The first-order valence-corrected chi connectivity index (χ1v) is 7.74. The average Bonchev–Trinajstić information content (AvgIpc) is 2.45. The first-order valence-electron chi connectivity index (χ1n) is 6.20. The Morgan fingerprint density at radius 3 is 2.36 bits per heavy atom. The van der Waals surface area contributed by atoms with E-state index in [-0.39, 0.29) is 11.3 Å². The van der Waals surface area contributed by atoms with Gasteiger partial charge in [0.05, 0.1) is 11.1 Å². The molecule has 114 valence electrons. The molecule has 0 bridgehead atoms. The van der Waals surface area contributed by atoms with Gasteiger partial charge in [-0.15, -0.1) is 0 Å². The highest BCUT2D eigenvalue weighted by Crippen LogP contribution is 2.23. The normalized spacial score (nSPS) is 11.5. The van der Waals surface area contributed by atoms with Crippen LogP contribution in [0.5, 0.6) is 5.75 Å². The monoisotopic (exact) mass is 319 g/mol. The van der Waals surface area contributed by atoms with E-state index < -0.39 is 21.7 Å². The van der Waals surface area contributed by atoms with E-state index in [9.17, 15) is 18.3 Å². The zero-order chi connectivity index (χ0) is 16.2. The lowest BCUT2D eigenvalue weighted by molar-refractivity contribution is 0.0694. The summed E-state index contributed by atoms with van der Waals surface area (Å²) in [5.74, 6) is -1.81. The molecular weight excluding hydrogens is 306 g/mol. The highest BCUT2D eigenvalue weighted by molar-refractivity contribution is 7.95. The molecule has 0 radical (unpaired) electrons. The molecule has 0 spiro atoms. The van der Waals surface area contributed by atoms with Crippen LogP contribution >= 0.6 is 0 Å². The summed E-state index contributed by atoms with van der Waals surface area (Å²) in [6.07, 6.45) is 1.42. The van der Waals surface area contributed by atoms with Gasteiger partial charge >= 0.3 is 5.97 Å². The minimum absolute atomic E-state index is 0.0696. The Morgan fingerprint density at radius 1 is 1.09 bits per heavy atom. The van der Waals surface area contributed by atoms with Crippen LogP contribution in [0.3, 0.4) is 0 Å². The number of phenols is 1. The van der Waals surface area contributed by atoms with Crippen molar-refractivity contribution in [2.24, 2.45) is 0 Å². The number of rotatable bonds is 5. The van der Waals surface area contributed by atoms with Gasteiger partial charge in [0.15, 0.2) is 0 Å². The molecule has 0 unspecified atom stereocenters. The molecule has 0 atom stereocenters. The summed E-state index contributed by atoms with van der Waals surface area (Å²) in [5, 5.41) is 19.3. The Morgan fingerprint density at radius 2 is 1.77 bits per heavy atom. The number of carboxylic acid groups (broad SMARTS) is 1. The number of hydrogen-bond donors (Lipinski definition) is 3. The Bertz CT molecular complexity index is 813. The minimum atomic E-state index is -3.77. The molecule has 3 N–H and O–H groups in total. The van der Waals surface area contributed by atoms with E-state index >= 15 is 0 Å². The second-order valence-electron chi connectivity index (χ2n) is 4.40. The van der Waals surface area contributed by atoms with Gasteiger partial charge in [0, 0.05) is 6.07 Å². The summed E-state index contributed by atoms with van der Waals surface area (Å²) in [6.45, 7) is 0. The molecule has 2 rings (SSSR count). The van der Waals surface area contributed by atoms with Crippen LogP contribution in [0, 0.1) is 0 Å². The molecular formula is C15H13NO5S. The maximum atomic E-state index is 11.9. The summed E-state index contributed by atoms with van der Waals surface area (Å²) >= 11 is 0. The van der Waals surface area contributed by atoms with Crippen LogP contribution < -0.4 is 4.72 Å². The molecule has 7 heteroatoms. The second-order valence-corrected chi connectivity index (χ2v) is 5.96. The second kappa shape index (κ2) is 6.31. The van der Waals surface area contributed by atoms with Crippen molar-refractivity contribution in [3.8, 4) is 5.75 Å². The highest BCUT2D eigenvalue weighted by atomic mass is 32.2. The number of hydrogen-bond acceptors (Lipinski definition) is 4. The maximum absolute atomic E-state index is 11.9. The summed E-state index contributed by atoms with van der Waals surface area (Å²) in [6, 6.07) is 12.3. The summed E-state index contributed by atoms with van der Waals surface area (Å²) in [4.78, 5) is 10.8. The molecule has 0 saturated carbocycles. The van der Waals surface area contributed by atoms with Crippen LogP contribution in [-0.2, 0) is 10.0 Å². The van der Waals surface area contributed by atoms with Crippen LogP contribution in [-0.4, -0.2) is 24.6 Å². The van der Waals surface area contributed by atoms with Gasteiger partial charge in [0.2, 0.25) is 0 Å². The first kappa shape index (κ1) is 15.6. The van der Waals surface area contributed by atoms with Crippen molar-refractivity contribution < 1.29 is 23.4 Å². The van der Waals surface area contributed by atoms with Crippen LogP contribution in [0.25, 0.3) is 6.08 Å². The Labute approximate surface area is 127 Å². The third-order valence-electron chi connectivity index (χ3n) is 2.73. The molecule has 2 aromatic rings. The number of carboxylic acids is 1. The maximum Gasteiger partial charge on any atom is 0.339 e. The number of nitrogens with one attached hydrogen (secondary N) is 1.